The number of aromatic amines is 1. The molecule has 3 N–H and O–H groups in total. The molecule has 196 valence electrons. The molecule has 0 spiro atoms. The first-order chi connectivity index (χ1) is 18.0. The molecule has 0 radical (unpaired) electrons. The number of H-pyrrole nitrogens is 1. The van der Waals surface area contributed by atoms with E-state index in [4.69, 9.17) is 4.74 Å². The van der Waals surface area contributed by atoms with Gasteiger partial charge in [-0.05, 0) is 82.0 Å². The van der Waals surface area contributed by atoms with Crippen LogP contribution < -0.4 is 10.6 Å². The first kappa shape index (κ1) is 25.4. The lowest BCUT2D eigenvalue weighted by atomic mass is 9.90. The number of fused-ring (bicyclic) bond motifs is 1. The van der Waals surface area contributed by atoms with Crippen LogP contribution in [0.4, 0.5) is 4.39 Å². The Morgan fingerprint density at radius 2 is 1.92 bits per heavy atom. The first-order valence-electron chi connectivity index (χ1n) is 13.1. The minimum absolute atomic E-state index is 0.0347. The molecule has 5 rings (SSSR count). The monoisotopic (exact) mass is 507 g/mol. The van der Waals surface area contributed by atoms with Crippen molar-refractivity contribution in [3.8, 4) is 11.3 Å². The molecule has 9 heteroatoms. The van der Waals surface area contributed by atoms with Crippen molar-refractivity contribution in [1.82, 2.24) is 25.5 Å². The highest BCUT2D eigenvalue weighted by atomic mass is 19.1. The lowest BCUT2D eigenvalue weighted by Gasteiger charge is -2.35. The molecule has 4 heterocycles. The predicted octanol–water partition coefficient (Wildman–Crippen LogP) is 3.55. The Bertz CT molecular complexity index is 1250. The standard InChI is InChI=1S/C28H34FN5O3/c1-17(30-2)27(35)33-26(19-10-14-37-15-11-19)28(36)34-13-3-4-23(34)22-16-20-9-12-31-24(25(20)32-22)18-5-7-21(29)8-6-18/h5-9,12,16-17,19,23,26,30,32H,3-4,10-11,13-15H2,1-2H3,(H,33,35)/t17-,23-,26-/m0/s1. The summed E-state index contributed by atoms with van der Waals surface area (Å²) in [6, 6.07) is 9.20. The van der Waals surface area contributed by atoms with E-state index < -0.39 is 12.1 Å². The van der Waals surface area contributed by atoms with E-state index >= 15 is 0 Å². The van der Waals surface area contributed by atoms with Crippen LogP contribution in [-0.4, -0.2) is 65.6 Å². The highest BCUT2D eigenvalue weighted by Gasteiger charge is 2.39. The number of likely N-dealkylation sites (tertiary alicyclic amines) is 1. The smallest absolute Gasteiger partial charge is 0.246 e. The Morgan fingerprint density at radius 3 is 2.65 bits per heavy atom. The van der Waals surface area contributed by atoms with Crippen LogP contribution in [0.3, 0.4) is 0 Å². The highest BCUT2D eigenvalue weighted by molar-refractivity contribution is 5.93. The van der Waals surface area contributed by atoms with Crippen molar-refractivity contribution in [2.45, 2.75) is 50.7 Å². The molecule has 1 aromatic carbocycles. The minimum Gasteiger partial charge on any atom is -0.381 e. The molecule has 0 bridgehead atoms. The van der Waals surface area contributed by atoms with Crippen molar-refractivity contribution in [1.29, 1.82) is 0 Å². The highest BCUT2D eigenvalue weighted by Crippen LogP contribution is 2.36. The van der Waals surface area contributed by atoms with E-state index in [2.05, 4.69) is 26.7 Å². The zero-order valence-corrected chi connectivity index (χ0v) is 21.3. The van der Waals surface area contributed by atoms with Crippen LogP contribution >= 0.6 is 0 Å². The van der Waals surface area contributed by atoms with Crippen molar-refractivity contribution in [3.05, 3.63) is 54.1 Å². The molecule has 8 nitrogen and oxygen atoms in total. The minimum atomic E-state index is -0.589. The summed E-state index contributed by atoms with van der Waals surface area (Å²) in [5, 5.41) is 7.00. The number of halogens is 1. The number of likely N-dealkylation sites (N-methyl/N-ethyl adjacent to an activating group) is 1. The number of nitrogens with one attached hydrogen (secondary N) is 3. The molecule has 2 saturated heterocycles. The van der Waals surface area contributed by atoms with E-state index in [9.17, 15) is 14.0 Å². The van der Waals surface area contributed by atoms with Gasteiger partial charge in [0.15, 0.2) is 0 Å². The van der Waals surface area contributed by atoms with Gasteiger partial charge in [-0.3, -0.25) is 14.6 Å². The predicted molar refractivity (Wildman–Crippen MR) is 139 cm³/mol. The number of aromatic nitrogens is 2. The van der Waals surface area contributed by atoms with Gasteiger partial charge in [0.2, 0.25) is 11.8 Å². The van der Waals surface area contributed by atoms with E-state index in [1.807, 2.05) is 11.0 Å². The Kier molecular flexibility index (Phi) is 7.53. The van der Waals surface area contributed by atoms with E-state index in [0.717, 1.165) is 53.5 Å². The van der Waals surface area contributed by atoms with E-state index in [1.165, 1.54) is 12.1 Å². The molecule has 2 aliphatic rings. The third-order valence-corrected chi connectivity index (χ3v) is 7.70. The summed E-state index contributed by atoms with van der Waals surface area (Å²) in [7, 11) is 1.73. The van der Waals surface area contributed by atoms with Crippen molar-refractivity contribution in [2.75, 3.05) is 26.8 Å². The molecular weight excluding hydrogens is 473 g/mol. The van der Waals surface area contributed by atoms with Gasteiger partial charge in [0, 0.05) is 42.6 Å². The molecular formula is C28H34FN5O3. The number of hydrogen-bond acceptors (Lipinski definition) is 5. The Balaban J connectivity index is 1.44. The third kappa shape index (κ3) is 5.24. The van der Waals surface area contributed by atoms with E-state index in [-0.39, 0.29) is 29.6 Å². The van der Waals surface area contributed by atoms with Crippen LogP contribution in [0.1, 0.15) is 44.3 Å². The van der Waals surface area contributed by atoms with Gasteiger partial charge in [0.1, 0.15) is 11.9 Å². The van der Waals surface area contributed by atoms with Gasteiger partial charge in [-0.2, -0.15) is 0 Å². The molecule has 2 fully saturated rings. The lowest BCUT2D eigenvalue weighted by molar-refractivity contribution is -0.140. The molecule has 0 unspecified atom stereocenters. The second-order valence-corrected chi connectivity index (χ2v) is 9.99. The maximum atomic E-state index is 14.0. The first-order valence-corrected chi connectivity index (χ1v) is 13.1. The average molecular weight is 508 g/mol. The molecule has 2 aliphatic heterocycles. The molecule has 0 saturated carbocycles. The number of carbonyl (C=O) groups is 2. The molecule has 3 atom stereocenters. The van der Waals surface area contributed by atoms with Gasteiger partial charge in [0.05, 0.1) is 23.3 Å². The fraction of sp³-hybridized carbons (Fsp3) is 0.464. The Labute approximate surface area is 216 Å². The number of carbonyl (C=O) groups excluding carboxylic acids is 2. The quantitative estimate of drug-likeness (QED) is 0.454. The maximum Gasteiger partial charge on any atom is 0.246 e. The summed E-state index contributed by atoms with van der Waals surface area (Å²) < 4.78 is 19.0. The molecule has 2 aromatic heterocycles. The average Bonchev–Trinajstić information content (AvgIpc) is 3.59. The second-order valence-electron chi connectivity index (χ2n) is 9.99. The van der Waals surface area contributed by atoms with Crippen molar-refractivity contribution >= 4 is 22.7 Å². The SMILES string of the molecule is CN[C@@H](C)C(=O)N[C@H](C(=O)N1CCC[C@H]1c1cc2ccnc(-c3ccc(F)cc3)c2[nH]1)C1CCOCC1. The zero-order valence-electron chi connectivity index (χ0n) is 21.3. The van der Waals surface area contributed by atoms with Crippen molar-refractivity contribution < 1.29 is 18.7 Å². The van der Waals surface area contributed by atoms with Gasteiger partial charge >= 0.3 is 0 Å². The molecule has 2 amide bonds. The number of ether oxygens (including phenoxy) is 1. The summed E-state index contributed by atoms with van der Waals surface area (Å²) in [4.78, 5) is 36.8. The summed E-state index contributed by atoms with van der Waals surface area (Å²) in [5.41, 5.74) is 3.37. The van der Waals surface area contributed by atoms with Gasteiger partial charge in [-0.1, -0.05) is 0 Å². The largest absolute Gasteiger partial charge is 0.381 e. The van der Waals surface area contributed by atoms with Crippen LogP contribution in [0.15, 0.2) is 42.6 Å². The number of hydrogen-bond donors (Lipinski definition) is 3. The van der Waals surface area contributed by atoms with Gasteiger partial charge in [0.25, 0.3) is 0 Å². The van der Waals surface area contributed by atoms with Crippen LogP contribution in [0.5, 0.6) is 0 Å². The lowest BCUT2D eigenvalue weighted by Crippen LogP contribution is -2.56. The van der Waals surface area contributed by atoms with Crippen LogP contribution in [0, 0.1) is 11.7 Å². The fourth-order valence-electron chi connectivity index (χ4n) is 5.45. The Morgan fingerprint density at radius 1 is 1.16 bits per heavy atom. The summed E-state index contributed by atoms with van der Waals surface area (Å²) >= 11 is 0. The van der Waals surface area contributed by atoms with Crippen LogP contribution in [0.2, 0.25) is 0 Å². The number of pyridine rings is 1. The summed E-state index contributed by atoms with van der Waals surface area (Å²) in [6.45, 7) is 3.61. The fourth-order valence-corrected chi connectivity index (χ4v) is 5.45. The number of amides is 2. The number of benzene rings is 1. The second kappa shape index (κ2) is 11.0. The number of rotatable bonds is 7. The number of nitrogens with zero attached hydrogens (tertiary/aromatic N) is 2. The molecule has 37 heavy (non-hydrogen) atoms. The van der Waals surface area contributed by atoms with Crippen molar-refractivity contribution in [3.63, 3.8) is 0 Å². The van der Waals surface area contributed by atoms with Gasteiger partial charge in [-0.25, -0.2) is 4.39 Å². The van der Waals surface area contributed by atoms with E-state index in [1.54, 1.807) is 32.3 Å². The zero-order chi connectivity index (χ0) is 25.9. The van der Waals surface area contributed by atoms with Crippen molar-refractivity contribution in [2.24, 2.45) is 5.92 Å². The maximum absolute atomic E-state index is 14.0. The topological polar surface area (TPSA) is 99.4 Å². The summed E-state index contributed by atoms with van der Waals surface area (Å²) in [5.74, 6) is -0.476. The molecule has 0 aliphatic carbocycles. The van der Waals surface area contributed by atoms with E-state index in [0.29, 0.717) is 19.8 Å². The molecule has 3 aromatic rings. The van der Waals surface area contributed by atoms with Crippen LogP contribution in [-0.2, 0) is 14.3 Å². The van der Waals surface area contributed by atoms with Crippen LogP contribution in [0.25, 0.3) is 22.2 Å². The van der Waals surface area contributed by atoms with Gasteiger partial charge in [-0.15, -0.1) is 0 Å². The van der Waals surface area contributed by atoms with Gasteiger partial charge < -0.3 is 25.3 Å². The third-order valence-electron chi connectivity index (χ3n) is 7.70. The normalized spacial score (nSPS) is 20.2. The Hall–Kier alpha value is -3.30. The summed E-state index contributed by atoms with van der Waals surface area (Å²) in [6.07, 6.45) is 4.94.